The summed E-state index contributed by atoms with van der Waals surface area (Å²) in [7, 11) is 0. The third-order valence-corrected chi connectivity index (χ3v) is 0. The molecule has 1 nitrogen and oxygen atoms in total. The third kappa shape index (κ3) is 9.69. The Morgan fingerprint density at radius 2 is 1.25 bits per heavy atom. The average Bonchev–Trinajstić information content (AvgIpc) is 1.00. The molecule has 0 rings (SSSR count). The summed E-state index contributed by atoms with van der Waals surface area (Å²) < 4.78 is 8.26. The van der Waals surface area contributed by atoms with Crippen molar-refractivity contribution in [1.82, 2.24) is 0 Å². The van der Waals surface area contributed by atoms with Gasteiger partial charge >= 0.3 is 23.2 Å². The molecular weight excluding hydrogens is 198 g/mol. The van der Waals surface area contributed by atoms with Crippen LogP contribution in [-0.4, -0.2) is 17.4 Å². The summed E-state index contributed by atoms with van der Waals surface area (Å²) >= 11 is 0.700. The average molecular weight is 201 g/mol. The Morgan fingerprint density at radius 3 is 1.25 bits per heavy atom. The van der Waals surface area contributed by atoms with Crippen molar-refractivity contribution in [2.75, 3.05) is 0 Å². The molecule has 0 atom stereocenters. The van der Waals surface area contributed by atoms with E-state index in [2.05, 4.69) is 0 Å². The fraction of sp³-hybridized carbons (Fsp3) is 0. The van der Waals surface area contributed by atoms with Gasteiger partial charge in [-0.05, 0) is 0 Å². The van der Waals surface area contributed by atoms with Crippen LogP contribution in [0, 0.1) is 0 Å². The van der Waals surface area contributed by atoms with Crippen LogP contribution in [0.15, 0.2) is 0 Å². The molecule has 0 aromatic rings. The Morgan fingerprint density at radius 1 is 1.25 bits per heavy atom. The van der Waals surface area contributed by atoms with Gasteiger partial charge in [-0.15, -0.1) is 0 Å². The maximum atomic E-state index is 8.26. The van der Waals surface area contributed by atoms with E-state index in [0.717, 1.165) is 0 Å². The summed E-state index contributed by atoms with van der Waals surface area (Å²) in [6, 6.07) is 0. The molecule has 0 N–H and O–H groups in total. The first-order valence-electron chi connectivity index (χ1n) is 0.167. The van der Waals surface area contributed by atoms with Crippen molar-refractivity contribution < 1.29 is 39.7 Å². The van der Waals surface area contributed by atoms with Gasteiger partial charge in [-0.2, -0.15) is 0 Å². The molecule has 0 fully saturated rings. The summed E-state index contributed by atoms with van der Waals surface area (Å²) in [6.07, 6.45) is 0. The number of hydrogen-bond donors (Lipinski definition) is 0. The molecule has 0 bridgehead atoms. The molecule has 0 spiro atoms. The molecule has 0 amide bonds. The van der Waals surface area contributed by atoms with Gasteiger partial charge in [0.15, 0.2) is 17.4 Å². The van der Waals surface area contributed by atoms with E-state index >= 15 is 0 Å². The van der Waals surface area contributed by atoms with Crippen LogP contribution in [-0.2, 0) is 39.7 Å². The van der Waals surface area contributed by atoms with Crippen LogP contribution >= 0.6 is 0 Å². The van der Waals surface area contributed by atoms with E-state index in [4.69, 9.17) is 3.40 Å². The Hall–Kier alpha value is 1.51. The predicted molar refractivity (Wildman–Crippen MR) is 10.6 cm³/mol. The molecule has 0 aliphatic carbocycles. The van der Waals surface area contributed by atoms with Gasteiger partial charge in [0.05, 0.1) is 0 Å². The van der Waals surface area contributed by atoms with Gasteiger partial charge in [-0.1, -0.05) is 0 Å². The molecule has 0 aromatic carbocycles. The molecule has 0 aliphatic heterocycles. The molecule has 0 heterocycles. The second-order valence-corrected chi connectivity index (χ2v) is 0. The zero-order valence-corrected chi connectivity index (χ0v) is 4.13. The van der Waals surface area contributed by atoms with Crippen LogP contribution in [0.3, 0.4) is 0 Å². The molecule has 0 aromatic heterocycles. The zero-order chi connectivity index (χ0) is 2.00. The second-order valence-electron chi connectivity index (χ2n) is 0. The standard InChI is InChI=1S/Al.Mo.Ni.O.3H. The van der Waals surface area contributed by atoms with E-state index in [0.29, 0.717) is 19.8 Å². The van der Waals surface area contributed by atoms with Crippen molar-refractivity contribution in [3.63, 3.8) is 0 Å². The van der Waals surface area contributed by atoms with E-state index in [1.54, 1.807) is 0 Å². The van der Waals surface area contributed by atoms with Crippen molar-refractivity contribution in [2.45, 2.75) is 0 Å². The fourth-order valence-corrected chi connectivity index (χ4v) is 0. The Labute approximate surface area is 56.8 Å². The Balaban J connectivity index is -0.00000000500. The molecule has 0 saturated carbocycles. The van der Waals surface area contributed by atoms with Crippen LogP contribution in [0.4, 0.5) is 0 Å². The minimum absolute atomic E-state index is 0. The Bertz CT molecular complexity index is 8.00. The summed E-state index contributed by atoms with van der Waals surface area (Å²) in [5.41, 5.74) is 0. The van der Waals surface area contributed by atoms with Crippen LogP contribution in [0.2, 0.25) is 0 Å². The SMILES string of the molecule is [AlH3].[Ni].[O]=[Mo]. The van der Waals surface area contributed by atoms with Gasteiger partial charge in [-0.3, -0.25) is 0 Å². The Kier molecular flexibility index (Phi) is 108. The third-order valence-electron chi connectivity index (χ3n) is 0. The summed E-state index contributed by atoms with van der Waals surface area (Å²) in [4.78, 5) is 0. The van der Waals surface area contributed by atoms with E-state index in [-0.39, 0.29) is 33.9 Å². The van der Waals surface area contributed by atoms with Crippen LogP contribution in [0.5, 0.6) is 0 Å². The number of hydrogen-bond acceptors (Lipinski definition) is 1. The second kappa shape index (κ2) is 24.3. The molecule has 4 heavy (non-hydrogen) atoms. The first kappa shape index (κ1) is 17.8. The monoisotopic (exact) mass is 202 g/mol. The number of rotatable bonds is 0. The van der Waals surface area contributed by atoms with Crippen LogP contribution in [0.1, 0.15) is 0 Å². The van der Waals surface area contributed by atoms with Crippen LogP contribution in [0.25, 0.3) is 0 Å². The molecular formula is H3AlMoNiO. The predicted octanol–water partition coefficient (Wildman–Crippen LogP) is -1.31. The van der Waals surface area contributed by atoms with E-state index in [1.165, 1.54) is 0 Å². The minimum atomic E-state index is 0. The van der Waals surface area contributed by atoms with Gasteiger partial charge in [0, 0.05) is 16.5 Å². The van der Waals surface area contributed by atoms with Gasteiger partial charge < -0.3 is 0 Å². The van der Waals surface area contributed by atoms with E-state index in [9.17, 15) is 0 Å². The quantitative estimate of drug-likeness (QED) is 0.444. The maximum absolute atomic E-state index is 8.26. The van der Waals surface area contributed by atoms with Gasteiger partial charge in [-0.25, -0.2) is 0 Å². The molecule has 0 saturated heterocycles. The topological polar surface area (TPSA) is 17.1 Å². The van der Waals surface area contributed by atoms with Gasteiger partial charge in [0.25, 0.3) is 0 Å². The zero-order valence-electron chi connectivity index (χ0n) is 1.13. The van der Waals surface area contributed by atoms with Gasteiger partial charge in [0.1, 0.15) is 0 Å². The van der Waals surface area contributed by atoms with Gasteiger partial charge in [0.2, 0.25) is 0 Å². The van der Waals surface area contributed by atoms with E-state index < -0.39 is 0 Å². The molecule has 0 aliphatic rings. The van der Waals surface area contributed by atoms with Crippen molar-refractivity contribution in [2.24, 2.45) is 0 Å². The van der Waals surface area contributed by atoms with Crippen molar-refractivity contribution >= 4 is 17.4 Å². The van der Waals surface area contributed by atoms with Crippen molar-refractivity contribution in [1.29, 1.82) is 0 Å². The molecule has 0 radical (unpaired) electrons. The van der Waals surface area contributed by atoms with Crippen molar-refractivity contribution in [3.8, 4) is 0 Å². The first-order valence-corrected chi connectivity index (χ1v) is 0.986. The molecule has 0 unspecified atom stereocenters. The molecule has 4 heteroatoms. The molecule has 28 valence electrons. The summed E-state index contributed by atoms with van der Waals surface area (Å²) in [5, 5.41) is 0. The van der Waals surface area contributed by atoms with Crippen LogP contribution < -0.4 is 0 Å². The fourth-order valence-electron chi connectivity index (χ4n) is 0. The first-order chi connectivity index (χ1) is 1.00. The normalized spacial score (nSPS) is 1.00. The van der Waals surface area contributed by atoms with Crippen molar-refractivity contribution in [3.05, 3.63) is 0 Å². The summed E-state index contributed by atoms with van der Waals surface area (Å²) in [5.74, 6) is 0. The van der Waals surface area contributed by atoms with E-state index in [1.807, 2.05) is 0 Å². The summed E-state index contributed by atoms with van der Waals surface area (Å²) in [6.45, 7) is 0.